The lowest BCUT2D eigenvalue weighted by Crippen LogP contribution is -2.48. The predicted octanol–water partition coefficient (Wildman–Crippen LogP) is 5.11. The van der Waals surface area contributed by atoms with Crippen molar-refractivity contribution in [1.29, 1.82) is 0 Å². The van der Waals surface area contributed by atoms with Crippen LogP contribution < -0.4 is 30.3 Å². The smallest absolute Gasteiger partial charge is 0.327 e. The first-order valence-corrected chi connectivity index (χ1v) is 14.7. The molecule has 15 heteroatoms. The van der Waals surface area contributed by atoms with Gasteiger partial charge in [0.1, 0.15) is 39.5 Å². The molecule has 13 nitrogen and oxygen atoms in total. The van der Waals surface area contributed by atoms with Crippen molar-refractivity contribution in [3.63, 3.8) is 0 Å². The number of halogens is 2. The number of nitrogens with zero attached hydrogens (tertiary/aromatic N) is 5. The molecular weight excluding hydrogens is 623 g/mol. The highest BCUT2D eigenvalue weighted by Gasteiger charge is 2.24. The Labute approximate surface area is 271 Å². The summed E-state index contributed by atoms with van der Waals surface area (Å²) in [5.41, 5.74) is 1.33. The van der Waals surface area contributed by atoms with E-state index >= 15 is 0 Å². The molecule has 0 atom stereocenters. The summed E-state index contributed by atoms with van der Waals surface area (Å²) in [5.74, 6) is 0.471. The number of nitrogens with one attached hydrogen (secondary N) is 3. The molecule has 1 aliphatic rings. The van der Waals surface area contributed by atoms with E-state index in [0.717, 1.165) is 25.7 Å². The fourth-order valence-electron chi connectivity index (χ4n) is 4.55. The molecule has 0 aliphatic carbocycles. The van der Waals surface area contributed by atoms with E-state index in [1.54, 1.807) is 23.1 Å². The molecule has 0 radical (unpaired) electrons. The summed E-state index contributed by atoms with van der Waals surface area (Å²) in [5, 5.41) is 8.73. The van der Waals surface area contributed by atoms with E-state index in [0.29, 0.717) is 35.8 Å². The summed E-state index contributed by atoms with van der Waals surface area (Å²) in [4.78, 5) is 52.5. The third-order valence-corrected chi connectivity index (χ3v) is 7.94. The molecule has 4 rings (SSSR count). The lowest BCUT2D eigenvalue weighted by Gasteiger charge is -2.34. The molecule has 1 aliphatic heterocycles. The van der Waals surface area contributed by atoms with E-state index in [-0.39, 0.29) is 39.0 Å². The third kappa shape index (κ3) is 7.74. The maximum absolute atomic E-state index is 13.3. The van der Waals surface area contributed by atoms with Gasteiger partial charge in [-0.15, -0.1) is 0 Å². The predicted molar refractivity (Wildman–Crippen MR) is 176 cm³/mol. The average Bonchev–Trinajstić information content (AvgIpc) is 3.06. The second kappa shape index (κ2) is 14.9. The molecule has 238 valence electrons. The van der Waals surface area contributed by atoms with E-state index in [2.05, 4.69) is 44.3 Å². The van der Waals surface area contributed by atoms with Gasteiger partial charge in [0.05, 0.1) is 31.3 Å². The maximum Gasteiger partial charge on any atom is 0.327 e. The van der Waals surface area contributed by atoms with Crippen LogP contribution in [0.2, 0.25) is 10.0 Å². The summed E-state index contributed by atoms with van der Waals surface area (Å²) in [6.07, 6.45) is 2.40. The number of hydrogen-bond acceptors (Lipinski definition) is 9. The molecule has 2 aromatic carbocycles. The number of anilines is 5. The Morgan fingerprint density at radius 1 is 0.978 bits per heavy atom. The molecule has 2 heterocycles. The number of likely N-dealkylation sites (N-methyl/N-ethyl adjacent to an activating group) is 1. The summed E-state index contributed by atoms with van der Waals surface area (Å²) in [7, 11) is 4.35. The minimum atomic E-state index is -0.611. The van der Waals surface area contributed by atoms with Crippen LogP contribution in [0.1, 0.15) is 17.3 Å². The van der Waals surface area contributed by atoms with Gasteiger partial charge in [-0.1, -0.05) is 36.7 Å². The minimum Gasteiger partial charge on any atom is -0.495 e. The van der Waals surface area contributed by atoms with E-state index in [1.807, 2.05) is 0 Å². The summed E-state index contributed by atoms with van der Waals surface area (Å²) >= 11 is 12.8. The second-order valence-electron chi connectivity index (χ2n) is 9.84. The van der Waals surface area contributed by atoms with Crippen molar-refractivity contribution >= 4 is 69.7 Å². The van der Waals surface area contributed by atoms with Gasteiger partial charge in [0.25, 0.3) is 5.91 Å². The summed E-state index contributed by atoms with van der Waals surface area (Å²) < 4.78 is 10.5. The zero-order valence-electron chi connectivity index (χ0n) is 25.3. The van der Waals surface area contributed by atoms with Crippen LogP contribution >= 0.6 is 23.2 Å². The SMILES string of the molecule is C=CC(=O)Nc1cc(C(=O)N2CCN(CC)CC2)ccc1Nc1cc(N(C)C(=O)Nc2c(Cl)c(OC)cc(OC)c2Cl)ncn1. The van der Waals surface area contributed by atoms with E-state index in [9.17, 15) is 14.4 Å². The number of aromatic nitrogens is 2. The van der Waals surface area contributed by atoms with Crippen LogP contribution in [0, 0.1) is 0 Å². The number of rotatable bonds is 10. The van der Waals surface area contributed by atoms with Gasteiger partial charge in [0.15, 0.2) is 0 Å². The van der Waals surface area contributed by atoms with Crippen molar-refractivity contribution in [2.75, 3.05) is 74.8 Å². The molecule has 1 aromatic heterocycles. The second-order valence-corrected chi connectivity index (χ2v) is 10.6. The normalized spacial score (nSPS) is 13.1. The zero-order valence-corrected chi connectivity index (χ0v) is 26.8. The van der Waals surface area contributed by atoms with Crippen molar-refractivity contribution in [1.82, 2.24) is 19.8 Å². The van der Waals surface area contributed by atoms with Crippen molar-refractivity contribution < 1.29 is 23.9 Å². The molecule has 0 saturated carbocycles. The number of hydrogen-bond donors (Lipinski definition) is 3. The highest BCUT2D eigenvalue weighted by Crippen LogP contribution is 2.44. The van der Waals surface area contributed by atoms with Crippen LogP contribution in [0.5, 0.6) is 11.5 Å². The van der Waals surface area contributed by atoms with Crippen LogP contribution in [0.4, 0.5) is 33.5 Å². The Balaban J connectivity index is 1.55. The standard InChI is InChI=1S/C30H34Cl2N8O5/c1-6-25(41)36-20-14-18(29(42)40-12-10-39(7-2)11-13-40)8-9-19(20)35-23-16-24(34-17-33-23)38(3)30(43)37-28-26(31)21(44-4)15-22(45-5)27(28)32/h6,8-9,14-17H,1,7,10-13H2,2-5H3,(H,36,41)(H,37,43)(H,33,34,35). The van der Waals surface area contributed by atoms with E-state index in [1.165, 1.54) is 44.6 Å². The highest BCUT2D eigenvalue weighted by molar-refractivity contribution is 6.41. The molecule has 3 aromatic rings. The van der Waals surface area contributed by atoms with Gasteiger partial charge in [-0.3, -0.25) is 14.5 Å². The van der Waals surface area contributed by atoms with E-state index in [4.69, 9.17) is 32.7 Å². The summed E-state index contributed by atoms with van der Waals surface area (Å²) in [6, 6.07) is 7.38. The third-order valence-electron chi connectivity index (χ3n) is 7.19. The molecule has 45 heavy (non-hydrogen) atoms. The van der Waals surface area contributed by atoms with Crippen LogP contribution in [0.15, 0.2) is 49.3 Å². The van der Waals surface area contributed by atoms with Gasteiger partial charge in [0, 0.05) is 50.9 Å². The first-order valence-electron chi connectivity index (χ1n) is 13.9. The average molecular weight is 658 g/mol. The number of methoxy groups -OCH3 is 2. The Hall–Kier alpha value is -4.59. The Morgan fingerprint density at radius 2 is 1.64 bits per heavy atom. The number of carbonyl (C=O) groups excluding carboxylic acids is 3. The molecule has 0 bridgehead atoms. The number of amides is 4. The van der Waals surface area contributed by atoms with Gasteiger partial charge in [-0.05, 0) is 30.8 Å². The van der Waals surface area contributed by atoms with Gasteiger partial charge in [-0.2, -0.15) is 0 Å². The topological polar surface area (TPSA) is 141 Å². The van der Waals surface area contributed by atoms with Crippen LogP contribution in [0.25, 0.3) is 0 Å². The van der Waals surface area contributed by atoms with Gasteiger partial charge < -0.3 is 35.2 Å². The lowest BCUT2D eigenvalue weighted by atomic mass is 10.1. The summed E-state index contributed by atoms with van der Waals surface area (Å²) in [6.45, 7) is 9.40. The lowest BCUT2D eigenvalue weighted by molar-refractivity contribution is -0.111. The molecular formula is C30H34Cl2N8O5. The maximum atomic E-state index is 13.3. The number of piperazine rings is 1. The van der Waals surface area contributed by atoms with Crippen molar-refractivity contribution in [3.05, 3.63) is 64.9 Å². The zero-order chi connectivity index (χ0) is 32.7. The Morgan fingerprint density at radius 3 is 2.24 bits per heavy atom. The van der Waals surface area contributed by atoms with Gasteiger partial charge in [0.2, 0.25) is 5.91 Å². The van der Waals surface area contributed by atoms with Gasteiger partial charge >= 0.3 is 6.03 Å². The molecule has 1 saturated heterocycles. The van der Waals surface area contributed by atoms with Crippen molar-refractivity contribution in [2.24, 2.45) is 0 Å². The Kier molecular flexibility index (Phi) is 11.0. The molecule has 0 spiro atoms. The highest BCUT2D eigenvalue weighted by atomic mass is 35.5. The largest absolute Gasteiger partial charge is 0.495 e. The molecule has 0 unspecified atom stereocenters. The molecule has 4 amide bonds. The number of carbonyl (C=O) groups is 3. The fraction of sp³-hybridized carbons (Fsp3) is 0.300. The van der Waals surface area contributed by atoms with E-state index < -0.39 is 11.9 Å². The quantitative estimate of drug-likeness (QED) is 0.254. The number of benzene rings is 2. The van der Waals surface area contributed by atoms with Gasteiger partial charge in [-0.25, -0.2) is 14.8 Å². The van der Waals surface area contributed by atoms with Crippen LogP contribution in [-0.2, 0) is 4.79 Å². The Bertz CT molecular complexity index is 1570. The fourth-order valence-corrected chi connectivity index (χ4v) is 5.15. The number of urea groups is 1. The van der Waals surface area contributed by atoms with Crippen molar-refractivity contribution in [2.45, 2.75) is 6.92 Å². The molecule has 1 fully saturated rings. The first kappa shape index (κ1) is 33.3. The van der Waals surface area contributed by atoms with Crippen LogP contribution in [0.3, 0.4) is 0 Å². The van der Waals surface area contributed by atoms with Crippen LogP contribution in [-0.4, -0.2) is 91.6 Å². The molecule has 3 N–H and O–H groups in total. The van der Waals surface area contributed by atoms with Crippen molar-refractivity contribution in [3.8, 4) is 11.5 Å². The first-order chi connectivity index (χ1) is 21.6. The number of ether oxygens (including phenoxy) is 2. The minimum absolute atomic E-state index is 0.0920. The monoisotopic (exact) mass is 656 g/mol.